The molecule has 0 aliphatic heterocycles. The summed E-state index contributed by atoms with van der Waals surface area (Å²) in [4.78, 5) is 36.2. The van der Waals surface area contributed by atoms with Gasteiger partial charge in [0.2, 0.25) is 0 Å². The number of rotatable bonds is 7. The Hall–Kier alpha value is -4.71. The molecule has 42 heavy (non-hydrogen) atoms. The molecule has 0 atom stereocenters. The minimum atomic E-state index is -0.414. The van der Waals surface area contributed by atoms with Crippen LogP contribution >= 0.6 is 22.9 Å². The largest absolute Gasteiger partial charge is 0.383 e. The van der Waals surface area contributed by atoms with Gasteiger partial charge < -0.3 is 14.6 Å². The van der Waals surface area contributed by atoms with Gasteiger partial charge in [0.25, 0.3) is 11.5 Å². The summed E-state index contributed by atoms with van der Waals surface area (Å²) in [7, 11) is 1.55. The summed E-state index contributed by atoms with van der Waals surface area (Å²) in [5, 5.41) is 13.6. The molecule has 6 rings (SSSR count). The zero-order chi connectivity index (χ0) is 29.4. The summed E-state index contributed by atoms with van der Waals surface area (Å²) in [6.45, 7) is 0.553. The summed E-state index contributed by atoms with van der Waals surface area (Å²) >= 11 is 7.13. The topological polar surface area (TPSA) is 114 Å². The Bertz CT molecular complexity index is 2090. The first kappa shape index (κ1) is 27.5. The van der Waals surface area contributed by atoms with Crippen LogP contribution in [0.3, 0.4) is 0 Å². The molecule has 1 amide bonds. The number of aromatic nitrogens is 4. The third kappa shape index (κ3) is 5.09. The highest BCUT2D eigenvalue weighted by Crippen LogP contribution is 2.38. The van der Waals surface area contributed by atoms with Crippen molar-refractivity contribution < 1.29 is 13.9 Å². The minimum Gasteiger partial charge on any atom is -0.383 e. The van der Waals surface area contributed by atoms with Crippen molar-refractivity contribution in [1.82, 2.24) is 18.9 Å². The molecule has 4 aromatic heterocycles. The number of ether oxygens (including phenoxy) is 1. The first-order valence-electron chi connectivity index (χ1n) is 12.8. The number of halogens is 2. The van der Waals surface area contributed by atoms with Gasteiger partial charge in [0, 0.05) is 36.0 Å². The number of anilines is 1. The summed E-state index contributed by atoms with van der Waals surface area (Å²) in [6.07, 6.45) is 1.64. The molecular weight excluding hydrogens is 579 g/mol. The second kappa shape index (κ2) is 11.3. The number of thiazole rings is 1. The standard InChI is InChI=1S/C30H22ClFN6O3S/c1-41-15-14-38-25(33)21(16-22-26(38)34-23-4-2-3-13-37(23)30(22)40)28-35-24(17-7-11-20(32)12-8-17)29(42-28)36-27(39)18-5-9-19(31)10-6-18/h2-13,16,33H,14-15H2,1H3,(H,36,39). The number of hydrogen-bond acceptors (Lipinski definition) is 7. The van der Waals surface area contributed by atoms with Crippen LogP contribution in [0.1, 0.15) is 10.4 Å². The van der Waals surface area contributed by atoms with Gasteiger partial charge in [-0.1, -0.05) is 29.0 Å². The van der Waals surface area contributed by atoms with Crippen molar-refractivity contribution >= 4 is 50.5 Å². The molecule has 4 heterocycles. The number of methoxy groups -OCH3 is 1. The maximum absolute atomic E-state index is 13.8. The number of nitrogens with zero attached hydrogens (tertiary/aromatic N) is 4. The Morgan fingerprint density at radius 2 is 1.86 bits per heavy atom. The second-order valence-electron chi connectivity index (χ2n) is 9.30. The van der Waals surface area contributed by atoms with Crippen LogP contribution in [0, 0.1) is 11.2 Å². The van der Waals surface area contributed by atoms with Crippen LogP contribution in [0.4, 0.5) is 9.39 Å². The lowest BCUT2D eigenvalue weighted by Gasteiger charge is -2.13. The highest BCUT2D eigenvalue weighted by Gasteiger charge is 2.21. The zero-order valence-corrected chi connectivity index (χ0v) is 23.7. The van der Waals surface area contributed by atoms with E-state index in [1.165, 1.54) is 16.5 Å². The minimum absolute atomic E-state index is 0.0710. The highest BCUT2D eigenvalue weighted by molar-refractivity contribution is 7.19. The Labute approximate surface area is 247 Å². The predicted molar refractivity (Wildman–Crippen MR) is 161 cm³/mol. The number of fused-ring (bicyclic) bond motifs is 2. The third-order valence-corrected chi connectivity index (χ3v) is 7.90. The fourth-order valence-electron chi connectivity index (χ4n) is 4.55. The van der Waals surface area contributed by atoms with E-state index in [9.17, 15) is 14.0 Å². The molecule has 2 aromatic carbocycles. The summed E-state index contributed by atoms with van der Waals surface area (Å²) in [5.41, 5.74) is 2.29. The highest BCUT2D eigenvalue weighted by atomic mass is 35.5. The maximum atomic E-state index is 13.8. The summed E-state index contributed by atoms with van der Waals surface area (Å²) < 4.78 is 22.1. The van der Waals surface area contributed by atoms with Crippen LogP contribution in [-0.2, 0) is 11.3 Å². The van der Waals surface area contributed by atoms with Gasteiger partial charge in [-0.25, -0.2) is 14.4 Å². The molecule has 12 heteroatoms. The number of benzene rings is 2. The van der Waals surface area contributed by atoms with Crippen LogP contribution in [0.25, 0.3) is 38.5 Å². The maximum Gasteiger partial charge on any atom is 0.267 e. The summed E-state index contributed by atoms with van der Waals surface area (Å²) in [5.74, 6) is -0.803. The number of amides is 1. The Morgan fingerprint density at radius 3 is 2.60 bits per heavy atom. The number of carbonyl (C=O) groups is 1. The quantitative estimate of drug-likeness (QED) is 0.231. The van der Waals surface area contributed by atoms with Crippen LogP contribution in [0.15, 0.2) is 83.8 Å². The molecule has 0 saturated carbocycles. The molecule has 9 nitrogen and oxygen atoms in total. The number of hydrogen-bond donors (Lipinski definition) is 2. The molecule has 0 radical (unpaired) electrons. The molecule has 210 valence electrons. The molecule has 0 saturated heterocycles. The van der Waals surface area contributed by atoms with E-state index in [-0.39, 0.29) is 30.1 Å². The van der Waals surface area contributed by atoms with E-state index in [2.05, 4.69) is 10.3 Å². The second-order valence-corrected chi connectivity index (χ2v) is 10.7. The monoisotopic (exact) mass is 600 g/mol. The molecule has 2 N–H and O–H groups in total. The van der Waals surface area contributed by atoms with Crippen molar-refractivity contribution in [3.63, 3.8) is 0 Å². The lowest BCUT2D eigenvalue weighted by Crippen LogP contribution is -2.28. The van der Waals surface area contributed by atoms with Crippen LogP contribution in [-0.4, -0.2) is 38.6 Å². The molecule has 0 fully saturated rings. The Kier molecular flexibility index (Phi) is 7.38. The van der Waals surface area contributed by atoms with Crippen molar-refractivity contribution in [2.45, 2.75) is 6.54 Å². The van der Waals surface area contributed by atoms with E-state index < -0.39 is 5.82 Å². The zero-order valence-electron chi connectivity index (χ0n) is 22.1. The van der Waals surface area contributed by atoms with Crippen LogP contribution < -0.4 is 16.4 Å². The summed E-state index contributed by atoms with van der Waals surface area (Å²) in [6, 6.07) is 19.0. The van der Waals surface area contributed by atoms with Gasteiger partial charge in [0.1, 0.15) is 38.3 Å². The number of carbonyl (C=O) groups excluding carboxylic acids is 1. The average Bonchev–Trinajstić information content (AvgIpc) is 3.40. The van der Waals surface area contributed by atoms with Gasteiger partial charge in [-0.15, -0.1) is 0 Å². The van der Waals surface area contributed by atoms with E-state index >= 15 is 0 Å². The molecular formula is C30H22ClFN6O3S. The van der Waals surface area contributed by atoms with Crippen molar-refractivity contribution in [2.75, 3.05) is 19.0 Å². The Morgan fingerprint density at radius 1 is 1.10 bits per heavy atom. The Balaban J connectivity index is 1.55. The molecule has 0 aliphatic rings. The van der Waals surface area contributed by atoms with E-state index in [0.717, 1.165) is 11.3 Å². The first-order chi connectivity index (χ1) is 20.3. The molecule has 0 bridgehead atoms. The van der Waals surface area contributed by atoms with Crippen LogP contribution in [0.5, 0.6) is 0 Å². The fraction of sp³-hybridized carbons (Fsp3) is 0.100. The van der Waals surface area contributed by atoms with Crippen LogP contribution in [0.2, 0.25) is 5.02 Å². The first-order valence-corrected chi connectivity index (χ1v) is 14.0. The van der Waals surface area contributed by atoms with Gasteiger partial charge in [-0.05, 0) is 66.7 Å². The molecule has 0 unspecified atom stereocenters. The molecule has 6 aromatic rings. The predicted octanol–water partition coefficient (Wildman–Crippen LogP) is 5.61. The van der Waals surface area contributed by atoms with E-state index in [0.29, 0.717) is 54.1 Å². The van der Waals surface area contributed by atoms with Gasteiger partial charge in [0.15, 0.2) is 0 Å². The average molecular weight is 601 g/mol. The van der Waals surface area contributed by atoms with E-state index in [1.54, 1.807) is 78.5 Å². The van der Waals surface area contributed by atoms with Gasteiger partial charge >= 0.3 is 0 Å². The lowest BCUT2D eigenvalue weighted by atomic mass is 10.1. The van der Waals surface area contributed by atoms with Crippen molar-refractivity contribution in [2.24, 2.45) is 0 Å². The van der Waals surface area contributed by atoms with Crippen molar-refractivity contribution in [3.05, 3.63) is 111 Å². The molecule has 0 spiro atoms. The normalized spacial score (nSPS) is 11.3. The third-order valence-electron chi connectivity index (χ3n) is 6.65. The van der Waals surface area contributed by atoms with E-state index in [4.69, 9.17) is 26.7 Å². The van der Waals surface area contributed by atoms with Gasteiger partial charge in [0.05, 0.1) is 17.6 Å². The van der Waals surface area contributed by atoms with Gasteiger partial charge in [-0.3, -0.25) is 19.4 Å². The molecule has 0 aliphatic carbocycles. The van der Waals surface area contributed by atoms with E-state index in [1.807, 2.05) is 0 Å². The van der Waals surface area contributed by atoms with Crippen molar-refractivity contribution in [1.29, 1.82) is 5.41 Å². The SMILES string of the molecule is COCCn1c(=N)c(-c2nc(-c3ccc(F)cc3)c(NC(=O)c3ccc(Cl)cc3)s2)cc2c(=O)n3ccccc3nc21. The van der Waals surface area contributed by atoms with Crippen molar-refractivity contribution in [3.8, 4) is 21.8 Å². The van der Waals surface area contributed by atoms with Gasteiger partial charge in [-0.2, -0.15) is 0 Å². The number of pyridine rings is 2. The smallest absolute Gasteiger partial charge is 0.267 e. The lowest BCUT2D eigenvalue weighted by molar-refractivity contribution is 0.102. The fourth-order valence-corrected chi connectivity index (χ4v) is 5.68. The number of nitrogens with one attached hydrogen (secondary N) is 2.